The molecule has 1 aliphatic carbocycles. The number of nitrogens with one attached hydrogen (secondary N) is 1. The van der Waals surface area contributed by atoms with Crippen LogP contribution in [0, 0.1) is 0 Å². The van der Waals surface area contributed by atoms with Crippen molar-refractivity contribution in [3.63, 3.8) is 0 Å². The molecule has 0 radical (unpaired) electrons. The zero-order chi connectivity index (χ0) is 27.2. The normalized spacial score (nSPS) is 15.4. The number of methoxy groups -OCH3 is 2. The van der Waals surface area contributed by atoms with Crippen molar-refractivity contribution in [2.75, 3.05) is 21.0 Å². The molecular formula is C30H34N2O6S. The van der Waals surface area contributed by atoms with Crippen LogP contribution in [0.1, 0.15) is 54.1 Å². The van der Waals surface area contributed by atoms with E-state index in [-0.39, 0.29) is 37.6 Å². The topological polar surface area (TPSA) is 86.3 Å². The predicted octanol–water partition coefficient (Wildman–Crippen LogP) is 5.26. The minimum Gasteiger partial charge on any atom is -0.493 e. The van der Waals surface area contributed by atoms with E-state index in [1.165, 1.54) is 17.8 Å². The molecule has 1 aliphatic heterocycles. The third-order valence-electron chi connectivity index (χ3n) is 7.25. The Morgan fingerprint density at radius 3 is 2.54 bits per heavy atom. The molecule has 1 aromatic heterocycles. The van der Waals surface area contributed by atoms with Gasteiger partial charge in [-0.25, -0.2) is 0 Å². The summed E-state index contributed by atoms with van der Waals surface area (Å²) in [5, 5.41) is 5.21. The van der Waals surface area contributed by atoms with Crippen LogP contribution in [-0.2, 0) is 22.6 Å². The number of thiophene rings is 1. The zero-order valence-electron chi connectivity index (χ0n) is 22.3. The van der Waals surface area contributed by atoms with Gasteiger partial charge in [0.2, 0.25) is 18.6 Å². The summed E-state index contributed by atoms with van der Waals surface area (Å²) in [6.45, 7) is 0.385. The number of benzene rings is 2. The number of amides is 2. The summed E-state index contributed by atoms with van der Waals surface area (Å²) in [5.74, 6) is 2.01. The Morgan fingerprint density at radius 2 is 1.79 bits per heavy atom. The highest BCUT2D eigenvalue weighted by Gasteiger charge is 2.34. The average Bonchev–Trinajstić information content (AvgIpc) is 3.65. The minimum absolute atomic E-state index is 0.0914. The van der Waals surface area contributed by atoms with Gasteiger partial charge in [0.05, 0.1) is 20.6 Å². The van der Waals surface area contributed by atoms with Crippen molar-refractivity contribution >= 4 is 23.2 Å². The van der Waals surface area contributed by atoms with Gasteiger partial charge in [0.1, 0.15) is 6.04 Å². The van der Waals surface area contributed by atoms with Crippen molar-refractivity contribution in [3.05, 3.63) is 69.9 Å². The molecule has 5 rings (SSSR count). The van der Waals surface area contributed by atoms with Gasteiger partial charge in [-0.3, -0.25) is 9.59 Å². The summed E-state index contributed by atoms with van der Waals surface area (Å²) >= 11 is 1.53. The van der Waals surface area contributed by atoms with Gasteiger partial charge in [-0.05, 0) is 59.7 Å². The summed E-state index contributed by atoms with van der Waals surface area (Å²) in [6, 6.07) is 14.1. The van der Waals surface area contributed by atoms with Crippen molar-refractivity contribution in [1.82, 2.24) is 10.2 Å². The van der Waals surface area contributed by atoms with E-state index in [2.05, 4.69) is 5.32 Å². The highest BCUT2D eigenvalue weighted by atomic mass is 32.1. The summed E-state index contributed by atoms with van der Waals surface area (Å²) in [4.78, 5) is 30.7. The smallest absolute Gasteiger partial charge is 0.247 e. The lowest BCUT2D eigenvalue weighted by Crippen LogP contribution is -2.47. The van der Waals surface area contributed by atoms with E-state index in [0.29, 0.717) is 28.6 Å². The second-order valence-corrected chi connectivity index (χ2v) is 10.9. The first-order valence-corrected chi connectivity index (χ1v) is 14.2. The number of rotatable bonds is 10. The van der Waals surface area contributed by atoms with Crippen LogP contribution in [0.25, 0.3) is 0 Å². The lowest BCUT2D eigenvalue weighted by atomic mass is 9.94. The van der Waals surface area contributed by atoms with E-state index in [1.54, 1.807) is 31.3 Å². The van der Waals surface area contributed by atoms with E-state index in [0.717, 1.165) is 36.1 Å². The number of fused-ring (bicyclic) bond motifs is 1. The number of nitrogens with zero attached hydrogens (tertiary/aromatic N) is 1. The molecule has 9 heteroatoms. The van der Waals surface area contributed by atoms with Crippen LogP contribution in [0.5, 0.6) is 23.0 Å². The largest absolute Gasteiger partial charge is 0.493 e. The van der Waals surface area contributed by atoms with Gasteiger partial charge in [-0.1, -0.05) is 37.5 Å². The number of hydrogen-bond acceptors (Lipinski definition) is 7. The number of carbonyl (C=O) groups excluding carboxylic acids is 2. The molecule has 2 aliphatic rings. The maximum absolute atomic E-state index is 14.1. The van der Waals surface area contributed by atoms with Crippen molar-refractivity contribution in [2.24, 2.45) is 0 Å². The number of carbonyl (C=O) groups is 2. The predicted molar refractivity (Wildman–Crippen MR) is 148 cm³/mol. The van der Waals surface area contributed by atoms with Gasteiger partial charge in [0.15, 0.2) is 23.0 Å². The molecule has 1 N–H and O–H groups in total. The first-order valence-electron chi connectivity index (χ1n) is 13.3. The molecule has 39 heavy (non-hydrogen) atoms. The van der Waals surface area contributed by atoms with Crippen molar-refractivity contribution < 1.29 is 28.5 Å². The van der Waals surface area contributed by atoms with Crippen LogP contribution in [0.2, 0.25) is 0 Å². The first-order chi connectivity index (χ1) is 19.1. The maximum atomic E-state index is 14.1. The maximum Gasteiger partial charge on any atom is 0.247 e. The van der Waals surface area contributed by atoms with Crippen molar-refractivity contribution in [3.8, 4) is 23.0 Å². The molecule has 206 valence electrons. The number of hydrogen-bond donors (Lipinski definition) is 1. The fraction of sp³-hybridized carbons (Fsp3) is 0.400. The summed E-state index contributed by atoms with van der Waals surface area (Å²) in [5.41, 5.74) is 1.50. The highest BCUT2D eigenvalue weighted by molar-refractivity contribution is 7.10. The molecule has 1 atom stereocenters. The molecule has 0 spiro atoms. The third-order valence-corrected chi connectivity index (χ3v) is 8.13. The Morgan fingerprint density at radius 1 is 1.00 bits per heavy atom. The quantitative estimate of drug-likeness (QED) is 0.371. The molecule has 2 aromatic carbocycles. The SMILES string of the molecule is COc1ccc(C(C(=O)NC2CCCCC2)N(Cc2ccc3c(c2)OCO3)C(=O)Cc2cccs2)cc1OC. The lowest BCUT2D eigenvalue weighted by molar-refractivity contribution is -0.141. The Hall–Kier alpha value is -3.72. The molecule has 8 nitrogen and oxygen atoms in total. The first kappa shape index (κ1) is 26.9. The Labute approximate surface area is 232 Å². The zero-order valence-corrected chi connectivity index (χ0v) is 23.1. The molecule has 3 aromatic rings. The van der Waals surface area contributed by atoms with E-state index in [4.69, 9.17) is 18.9 Å². The van der Waals surface area contributed by atoms with Crippen LogP contribution in [-0.4, -0.2) is 43.8 Å². The van der Waals surface area contributed by atoms with E-state index < -0.39 is 6.04 Å². The van der Waals surface area contributed by atoms with Gasteiger partial charge in [-0.2, -0.15) is 0 Å². The van der Waals surface area contributed by atoms with Crippen molar-refractivity contribution in [2.45, 2.75) is 57.2 Å². The van der Waals surface area contributed by atoms with Gasteiger partial charge in [-0.15, -0.1) is 11.3 Å². The summed E-state index contributed by atoms with van der Waals surface area (Å²) in [7, 11) is 3.13. The lowest BCUT2D eigenvalue weighted by Gasteiger charge is -2.34. The van der Waals surface area contributed by atoms with E-state index in [1.807, 2.05) is 41.8 Å². The molecule has 2 heterocycles. The molecule has 1 unspecified atom stereocenters. The van der Waals surface area contributed by atoms with E-state index in [9.17, 15) is 9.59 Å². The fourth-order valence-electron chi connectivity index (χ4n) is 5.25. The summed E-state index contributed by atoms with van der Waals surface area (Å²) in [6.07, 6.45) is 5.43. The van der Waals surface area contributed by atoms with Crippen LogP contribution >= 0.6 is 11.3 Å². The standard InChI is InChI=1S/C30H34N2O6S/c1-35-24-13-11-21(16-26(24)36-2)29(30(34)31-22-7-4-3-5-8-22)32(28(33)17-23-9-6-14-39-23)18-20-10-12-25-27(15-20)38-19-37-25/h6,9-16,22,29H,3-5,7-8,17-19H2,1-2H3,(H,31,34). The molecular weight excluding hydrogens is 516 g/mol. The Bertz CT molecular complexity index is 1290. The highest BCUT2D eigenvalue weighted by Crippen LogP contribution is 2.36. The van der Waals surface area contributed by atoms with Crippen LogP contribution in [0.3, 0.4) is 0 Å². The second kappa shape index (κ2) is 12.4. The molecule has 1 fully saturated rings. The van der Waals surface area contributed by atoms with Crippen molar-refractivity contribution in [1.29, 1.82) is 0 Å². The monoisotopic (exact) mass is 550 g/mol. The Kier molecular flexibility index (Phi) is 8.56. The second-order valence-electron chi connectivity index (χ2n) is 9.83. The van der Waals surface area contributed by atoms with Gasteiger partial charge >= 0.3 is 0 Å². The number of ether oxygens (including phenoxy) is 4. The summed E-state index contributed by atoms with van der Waals surface area (Å²) < 4.78 is 22.1. The molecule has 0 saturated heterocycles. The van der Waals surface area contributed by atoms with Crippen LogP contribution in [0.4, 0.5) is 0 Å². The molecule has 0 bridgehead atoms. The molecule has 1 saturated carbocycles. The molecule has 2 amide bonds. The van der Waals surface area contributed by atoms with Gasteiger partial charge in [0, 0.05) is 17.5 Å². The minimum atomic E-state index is -0.871. The van der Waals surface area contributed by atoms with Crippen LogP contribution < -0.4 is 24.3 Å². The van der Waals surface area contributed by atoms with Crippen LogP contribution in [0.15, 0.2) is 53.9 Å². The Balaban J connectivity index is 1.53. The van der Waals surface area contributed by atoms with E-state index >= 15 is 0 Å². The fourth-order valence-corrected chi connectivity index (χ4v) is 5.94. The third kappa shape index (κ3) is 6.30. The van der Waals surface area contributed by atoms with Gasteiger partial charge < -0.3 is 29.2 Å². The average molecular weight is 551 g/mol. The van der Waals surface area contributed by atoms with Gasteiger partial charge in [0.25, 0.3) is 0 Å².